The molecule has 1 aromatic carbocycles. The van der Waals surface area contributed by atoms with Gasteiger partial charge in [0.25, 0.3) is 5.56 Å². The Labute approximate surface area is 147 Å². The van der Waals surface area contributed by atoms with Crippen LogP contribution < -0.4 is 16.6 Å². The second kappa shape index (κ2) is 6.97. The normalized spacial score (nSPS) is 11.0. The largest absolute Gasteiger partial charge is 0.330 e. The quantitative estimate of drug-likeness (QED) is 0.644. The van der Waals surface area contributed by atoms with E-state index >= 15 is 0 Å². The summed E-state index contributed by atoms with van der Waals surface area (Å²) >= 11 is 0. The van der Waals surface area contributed by atoms with Crippen molar-refractivity contribution in [3.05, 3.63) is 69.3 Å². The van der Waals surface area contributed by atoms with Crippen molar-refractivity contribution in [1.29, 1.82) is 0 Å². The molecule has 10 nitrogen and oxygen atoms in total. The Morgan fingerprint density at radius 2 is 2.04 bits per heavy atom. The van der Waals surface area contributed by atoms with Crippen LogP contribution in [0.2, 0.25) is 0 Å². The van der Waals surface area contributed by atoms with E-state index in [1.165, 1.54) is 48.0 Å². The molecule has 0 saturated carbocycles. The molecule has 0 aliphatic carbocycles. The number of nitrogens with one attached hydrogen (secondary N) is 1. The first kappa shape index (κ1) is 17.0. The molecule has 0 unspecified atom stereocenters. The molecule has 0 aliphatic rings. The summed E-state index contributed by atoms with van der Waals surface area (Å²) in [6.45, 7) is 0. The molecule has 0 atom stereocenters. The first-order valence-corrected chi connectivity index (χ1v) is 7.55. The van der Waals surface area contributed by atoms with E-state index < -0.39 is 17.2 Å². The monoisotopic (exact) mass is 353 g/mol. The molecule has 10 heteroatoms. The zero-order valence-corrected chi connectivity index (χ0v) is 14.0. The van der Waals surface area contributed by atoms with Gasteiger partial charge in [0.1, 0.15) is 6.33 Å². The summed E-state index contributed by atoms with van der Waals surface area (Å²) in [5.41, 5.74) is 0.547. The zero-order valence-electron chi connectivity index (χ0n) is 14.0. The van der Waals surface area contributed by atoms with Crippen molar-refractivity contribution < 1.29 is 4.79 Å². The molecule has 132 valence electrons. The number of rotatable bonds is 4. The molecule has 1 N–H and O–H groups in total. The van der Waals surface area contributed by atoms with Gasteiger partial charge in [0.15, 0.2) is 0 Å². The molecule has 3 aromatic rings. The Kier molecular flexibility index (Phi) is 4.56. The van der Waals surface area contributed by atoms with E-state index in [2.05, 4.69) is 20.8 Å². The van der Waals surface area contributed by atoms with Gasteiger partial charge in [-0.2, -0.15) is 0 Å². The number of aryl methyl sites for hydroxylation is 1. The molecule has 0 aliphatic heterocycles. The Morgan fingerprint density at radius 1 is 1.23 bits per heavy atom. The summed E-state index contributed by atoms with van der Waals surface area (Å²) in [5.74, 6) is -0.422. The average molecular weight is 353 g/mol. The van der Waals surface area contributed by atoms with Crippen molar-refractivity contribution in [2.45, 2.75) is 0 Å². The SMILES string of the molecule is Cn1cc(/C=C/C(=O)Nc2cccc(-n3cnnn3)c2)c(=O)n(C)c1=O. The first-order chi connectivity index (χ1) is 12.5. The number of hydrogen-bond acceptors (Lipinski definition) is 6. The summed E-state index contributed by atoms with van der Waals surface area (Å²) in [6, 6.07) is 6.95. The van der Waals surface area contributed by atoms with Crippen LogP contribution in [0.5, 0.6) is 0 Å². The van der Waals surface area contributed by atoms with Crippen LogP contribution >= 0.6 is 0 Å². The van der Waals surface area contributed by atoms with Gasteiger partial charge in [0.2, 0.25) is 5.91 Å². The van der Waals surface area contributed by atoms with Gasteiger partial charge in [-0.15, -0.1) is 5.10 Å². The van der Waals surface area contributed by atoms with Crippen LogP contribution in [0.4, 0.5) is 5.69 Å². The number of benzene rings is 1. The van der Waals surface area contributed by atoms with Gasteiger partial charge in [-0.25, -0.2) is 9.48 Å². The van der Waals surface area contributed by atoms with Crippen molar-refractivity contribution in [3.8, 4) is 5.69 Å². The van der Waals surface area contributed by atoms with Gasteiger partial charge in [-0.1, -0.05) is 6.07 Å². The fraction of sp³-hybridized carbons (Fsp3) is 0.125. The lowest BCUT2D eigenvalue weighted by atomic mass is 10.2. The zero-order chi connectivity index (χ0) is 18.7. The highest BCUT2D eigenvalue weighted by atomic mass is 16.2. The molecule has 2 aromatic heterocycles. The van der Waals surface area contributed by atoms with Crippen LogP contribution in [0, 0.1) is 0 Å². The maximum absolute atomic E-state index is 12.1. The first-order valence-electron chi connectivity index (χ1n) is 7.55. The van der Waals surface area contributed by atoms with Crippen molar-refractivity contribution in [3.63, 3.8) is 0 Å². The lowest BCUT2D eigenvalue weighted by molar-refractivity contribution is -0.111. The third-order valence-electron chi connectivity index (χ3n) is 3.61. The smallest absolute Gasteiger partial charge is 0.322 e. The van der Waals surface area contributed by atoms with Crippen LogP contribution in [0.25, 0.3) is 11.8 Å². The summed E-state index contributed by atoms with van der Waals surface area (Å²) in [4.78, 5) is 35.8. The Bertz CT molecular complexity index is 1090. The van der Waals surface area contributed by atoms with Gasteiger partial charge in [0, 0.05) is 32.1 Å². The summed E-state index contributed by atoms with van der Waals surface area (Å²) in [5, 5.41) is 13.6. The minimum atomic E-state index is -0.474. The van der Waals surface area contributed by atoms with Crippen LogP contribution in [-0.2, 0) is 18.9 Å². The number of anilines is 1. The number of carbonyl (C=O) groups excluding carboxylic acids is 1. The van der Waals surface area contributed by atoms with Crippen molar-refractivity contribution in [1.82, 2.24) is 29.3 Å². The molecule has 0 saturated heterocycles. The summed E-state index contributed by atoms with van der Waals surface area (Å²) < 4.78 is 3.71. The number of carbonyl (C=O) groups is 1. The van der Waals surface area contributed by atoms with E-state index in [1.54, 1.807) is 24.3 Å². The number of tetrazole rings is 1. The highest BCUT2D eigenvalue weighted by Crippen LogP contribution is 2.13. The second-order valence-electron chi connectivity index (χ2n) is 5.47. The van der Waals surface area contributed by atoms with E-state index in [-0.39, 0.29) is 5.56 Å². The fourth-order valence-corrected chi connectivity index (χ4v) is 2.31. The topological polar surface area (TPSA) is 117 Å². The third kappa shape index (κ3) is 3.48. The molecule has 0 bridgehead atoms. The Balaban J connectivity index is 1.78. The summed E-state index contributed by atoms with van der Waals surface area (Å²) in [7, 11) is 2.91. The van der Waals surface area contributed by atoms with Crippen LogP contribution in [-0.4, -0.2) is 35.2 Å². The molecule has 0 fully saturated rings. The van der Waals surface area contributed by atoms with E-state index in [1.807, 2.05) is 0 Å². The summed E-state index contributed by atoms with van der Waals surface area (Å²) in [6.07, 6.45) is 5.41. The molecule has 1 amide bonds. The predicted octanol–water partition coefficient (Wildman–Crippen LogP) is -0.288. The third-order valence-corrected chi connectivity index (χ3v) is 3.61. The maximum Gasteiger partial charge on any atom is 0.330 e. The number of hydrogen-bond donors (Lipinski definition) is 1. The lowest BCUT2D eigenvalue weighted by Gasteiger charge is -2.05. The standard InChI is InChI=1S/C16H15N7O3/c1-21-9-11(15(25)22(2)16(21)26)6-7-14(24)18-12-4-3-5-13(8-12)23-10-17-19-20-23/h3-10H,1-2H3,(H,18,24)/b7-6+. The van der Waals surface area contributed by atoms with Crippen molar-refractivity contribution in [2.75, 3.05) is 5.32 Å². The van der Waals surface area contributed by atoms with Crippen LogP contribution in [0.1, 0.15) is 5.56 Å². The Hall–Kier alpha value is -3.82. The molecule has 0 radical (unpaired) electrons. The van der Waals surface area contributed by atoms with Gasteiger partial charge in [-0.3, -0.25) is 14.2 Å². The van der Waals surface area contributed by atoms with E-state index in [0.29, 0.717) is 11.4 Å². The van der Waals surface area contributed by atoms with Gasteiger partial charge < -0.3 is 9.88 Å². The highest BCUT2D eigenvalue weighted by molar-refractivity contribution is 6.02. The van der Waals surface area contributed by atoms with Gasteiger partial charge >= 0.3 is 5.69 Å². The van der Waals surface area contributed by atoms with E-state index in [4.69, 9.17) is 0 Å². The van der Waals surface area contributed by atoms with Gasteiger partial charge in [0.05, 0.1) is 11.3 Å². The van der Waals surface area contributed by atoms with Crippen LogP contribution in [0.15, 0.2) is 52.5 Å². The molecule has 2 heterocycles. The minimum absolute atomic E-state index is 0.229. The van der Waals surface area contributed by atoms with Crippen LogP contribution in [0.3, 0.4) is 0 Å². The molecule has 3 rings (SSSR count). The minimum Gasteiger partial charge on any atom is -0.322 e. The lowest BCUT2D eigenvalue weighted by Crippen LogP contribution is -2.37. The molecular formula is C16H15N7O3. The molecular weight excluding hydrogens is 338 g/mol. The van der Waals surface area contributed by atoms with E-state index in [0.717, 1.165) is 4.57 Å². The number of aromatic nitrogens is 6. The number of amides is 1. The Morgan fingerprint density at radius 3 is 2.77 bits per heavy atom. The maximum atomic E-state index is 12.1. The number of nitrogens with zero attached hydrogens (tertiary/aromatic N) is 6. The van der Waals surface area contributed by atoms with Crippen molar-refractivity contribution >= 4 is 17.7 Å². The molecule has 0 spiro atoms. The van der Waals surface area contributed by atoms with Crippen molar-refractivity contribution in [2.24, 2.45) is 14.1 Å². The average Bonchev–Trinajstić information content (AvgIpc) is 3.17. The predicted molar refractivity (Wildman–Crippen MR) is 93.7 cm³/mol. The second-order valence-corrected chi connectivity index (χ2v) is 5.47. The van der Waals surface area contributed by atoms with E-state index in [9.17, 15) is 14.4 Å². The van der Waals surface area contributed by atoms with Gasteiger partial charge in [-0.05, 0) is 34.7 Å². The highest BCUT2D eigenvalue weighted by Gasteiger charge is 2.05. The molecule has 26 heavy (non-hydrogen) atoms. The fourth-order valence-electron chi connectivity index (χ4n) is 2.31.